The van der Waals surface area contributed by atoms with Gasteiger partial charge in [-0.2, -0.15) is 4.31 Å². The first-order valence-corrected chi connectivity index (χ1v) is 11.8. The number of sulfonamides is 1. The molecule has 2 aliphatic rings. The van der Waals surface area contributed by atoms with Gasteiger partial charge in [-0.15, -0.1) is 0 Å². The molecule has 2 unspecified atom stereocenters. The van der Waals surface area contributed by atoms with Gasteiger partial charge in [-0.1, -0.05) is 25.4 Å². The Morgan fingerprint density at radius 1 is 0.967 bits per heavy atom. The summed E-state index contributed by atoms with van der Waals surface area (Å²) in [5.41, 5.74) is 0. The molecule has 0 aromatic heterocycles. The molecule has 30 heavy (non-hydrogen) atoms. The summed E-state index contributed by atoms with van der Waals surface area (Å²) >= 11 is 5.86. The highest BCUT2D eigenvalue weighted by atomic mass is 35.5. The lowest BCUT2D eigenvalue weighted by atomic mass is 9.89. The SMILES string of the molecule is CC1CC(C)CN(C2CCN(S(=O)(=O)c3ccc(Cl)cc3)CC2)C1.O=C(O)C(=O)O. The van der Waals surface area contributed by atoms with Gasteiger partial charge in [-0.05, 0) is 55.4 Å². The van der Waals surface area contributed by atoms with Crippen molar-refractivity contribution in [2.45, 2.75) is 44.0 Å². The monoisotopic (exact) mass is 460 g/mol. The zero-order valence-corrected chi connectivity index (χ0v) is 18.8. The molecular formula is C20H29ClN2O6S. The van der Waals surface area contributed by atoms with E-state index in [0.717, 1.165) is 37.8 Å². The number of hydrogen-bond donors (Lipinski definition) is 2. The summed E-state index contributed by atoms with van der Waals surface area (Å²) < 4.78 is 27.1. The molecule has 2 saturated heterocycles. The highest BCUT2D eigenvalue weighted by molar-refractivity contribution is 7.89. The molecule has 2 fully saturated rings. The van der Waals surface area contributed by atoms with Crippen LogP contribution in [0.15, 0.2) is 29.2 Å². The van der Waals surface area contributed by atoms with Gasteiger partial charge in [0.25, 0.3) is 0 Å². The van der Waals surface area contributed by atoms with Gasteiger partial charge >= 0.3 is 11.9 Å². The summed E-state index contributed by atoms with van der Waals surface area (Å²) in [5.74, 6) is -2.17. The van der Waals surface area contributed by atoms with E-state index in [1.807, 2.05) is 0 Å². The summed E-state index contributed by atoms with van der Waals surface area (Å²) in [7, 11) is -3.40. The Hall–Kier alpha value is -1.68. The van der Waals surface area contributed by atoms with Crippen LogP contribution >= 0.6 is 11.6 Å². The summed E-state index contributed by atoms with van der Waals surface area (Å²) in [6.45, 7) is 8.16. The summed E-state index contributed by atoms with van der Waals surface area (Å²) in [6, 6.07) is 6.98. The molecule has 0 saturated carbocycles. The van der Waals surface area contributed by atoms with Gasteiger partial charge in [0, 0.05) is 37.2 Å². The number of carboxylic acid groups (broad SMARTS) is 2. The number of likely N-dealkylation sites (tertiary alicyclic amines) is 1. The van der Waals surface area contributed by atoms with Gasteiger partial charge in [0.1, 0.15) is 0 Å². The molecule has 10 heteroatoms. The first-order chi connectivity index (χ1) is 14.0. The quantitative estimate of drug-likeness (QED) is 0.666. The Bertz CT molecular complexity index is 815. The van der Waals surface area contributed by atoms with E-state index in [1.54, 1.807) is 28.6 Å². The van der Waals surface area contributed by atoms with Gasteiger partial charge in [-0.25, -0.2) is 18.0 Å². The van der Waals surface area contributed by atoms with Crippen molar-refractivity contribution in [1.82, 2.24) is 9.21 Å². The first kappa shape index (κ1) is 24.6. The maximum Gasteiger partial charge on any atom is 0.414 e. The highest BCUT2D eigenvalue weighted by Crippen LogP contribution is 2.28. The number of piperidine rings is 2. The van der Waals surface area contributed by atoms with E-state index < -0.39 is 22.0 Å². The lowest BCUT2D eigenvalue weighted by molar-refractivity contribution is -0.159. The first-order valence-electron chi connectivity index (χ1n) is 9.96. The van der Waals surface area contributed by atoms with Crippen molar-refractivity contribution in [3.63, 3.8) is 0 Å². The van der Waals surface area contributed by atoms with Crippen molar-refractivity contribution in [3.05, 3.63) is 29.3 Å². The van der Waals surface area contributed by atoms with Crippen LogP contribution in [0, 0.1) is 11.8 Å². The molecule has 1 aromatic rings. The van der Waals surface area contributed by atoms with Crippen molar-refractivity contribution >= 4 is 33.6 Å². The molecule has 0 amide bonds. The number of halogens is 1. The second-order valence-corrected chi connectivity index (χ2v) is 10.5. The van der Waals surface area contributed by atoms with Gasteiger partial charge in [0.15, 0.2) is 0 Å². The third-order valence-corrected chi connectivity index (χ3v) is 7.64. The second-order valence-electron chi connectivity index (χ2n) is 8.10. The molecule has 168 valence electrons. The van der Waals surface area contributed by atoms with Crippen LogP contribution in [-0.4, -0.2) is 72.0 Å². The van der Waals surface area contributed by atoms with Crippen LogP contribution < -0.4 is 0 Å². The predicted octanol–water partition coefficient (Wildman–Crippen LogP) is 2.63. The minimum absolute atomic E-state index is 0.338. The molecule has 2 aliphatic heterocycles. The molecule has 1 aromatic carbocycles. The number of aliphatic carboxylic acids is 2. The Balaban J connectivity index is 0.000000469. The third kappa shape index (κ3) is 6.66. The average molecular weight is 461 g/mol. The number of carbonyl (C=O) groups is 2. The lowest BCUT2D eigenvalue weighted by Crippen LogP contribution is -2.50. The molecule has 2 heterocycles. The molecule has 0 bridgehead atoms. The fourth-order valence-corrected chi connectivity index (χ4v) is 5.81. The number of nitrogens with zero attached hydrogens (tertiary/aromatic N) is 2. The Labute approximate surface area is 182 Å². The minimum atomic E-state index is -3.40. The van der Waals surface area contributed by atoms with Crippen molar-refractivity contribution in [1.29, 1.82) is 0 Å². The summed E-state index contributed by atoms with van der Waals surface area (Å²) in [4.78, 5) is 21.1. The Morgan fingerprint density at radius 3 is 1.87 bits per heavy atom. The molecular weight excluding hydrogens is 432 g/mol. The molecule has 8 nitrogen and oxygen atoms in total. The van der Waals surface area contributed by atoms with Crippen molar-refractivity contribution < 1.29 is 28.2 Å². The van der Waals surface area contributed by atoms with Crippen LogP contribution in [0.1, 0.15) is 33.1 Å². The fraction of sp³-hybridized carbons (Fsp3) is 0.600. The highest BCUT2D eigenvalue weighted by Gasteiger charge is 2.34. The molecule has 0 aliphatic carbocycles. The van der Waals surface area contributed by atoms with Crippen molar-refractivity contribution in [2.24, 2.45) is 11.8 Å². The predicted molar refractivity (Wildman–Crippen MR) is 113 cm³/mol. The Morgan fingerprint density at radius 2 is 1.43 bits per heavy atom. The number of hydrogen-bond acceptors (Lipinski definition) is 5. The molecule has 2 atom stereocenters. The number of benzene rings is 1. The van der Waals surface area contributed by atoms with Crippen LogP contribution in [0.2, 0.25) is 5.02 Å². The largest absolute Gasteiger partial charge is 0.473 e. The zero-order valence-electron chi connectivity index (χ0n) is 17.2. The smallest absolute Gasteiger partial charge is 0.414 e. The Kier molecular flexibility index (Phi) is 8.66. The van der Waals surface area contributed by atoms with Gasteiger partial charge in [-0.3, -0.25) is 4.90 Å². The van der Waals surface area contributed by atoms with E-state index in [1.165, 1.54) is 6.42 Å². The molecule has 2 N–H and O–H groups in total. The lowest BCUT2D eigenvalue weighted by Gasteiger charge is -2.43. The molecule has 3 rings (SSSR count). The number of rotatable bonds is 3. The van der Waals surface area contributed by atoms with E-state index in [9.17, 15) is 8.42 Å². The van der Waals surface area contributed by atoms with Crippen LogP contribution in [0.5, 0.6) is 0 Å². The molecule has 0 radical (unpaired) electrons. The second kappa shape index (κ2) is 10.6. The average Bonchev–Trinajstić information content (AvgIpc) is 2.68. The van der Waals surface area contributed by atoms with E-state index in [-0.39, 0.29) is 0 Å². The van der Waals surface area contributed by atoms with E-state index in [0.29, 0.717) is 29.0 Å². The summed E-state index contributed by atoms with van der Waals surface area (Å²) in [6.07, 6.45) is 3.15. The summed E-state index contributed by atoms with van der Waals surface area (Å²) in [5, 5.41) is 15.3. The van der Waals surface area contributed by atoms with E-state index >= 15 is 0 Å². The van der Waals surface area contributed by atoms with Crippen LogP contribution in [0.4, 0.5) is 0 Å². The normalized spacial score (nSPS) is 24.0. The van der Waals surface area contributed by atoms with Crippen LogP contribution in [-0.2, 0) is 19.6 Å². The van der Waals surface area contributed by atoms with E-state index in [4.69, 9.17) is 31.4 Å². The van der Waals surface area contributed by atoms with Gasteiger partial charge in [0.2, 0.25) is 10.0 Å². The van der Waals surface area contributed by atoms with Gasteiger partial charge < -0.3 is 10.2 Å². The standard InChI is InChI=1S/C18H27ClN2O2S.C2H2O4/c1-14-11-15(2)13-20(12-14)17-7-9-21(10-8-17)24(22,23)18-5-3-16(19)4-6-18;3-1(4)2(5)6/h3-6,14-15,17H,7-13H2,1-2H3;(H,3,4)(H,5,6). The maximum atomic E-state index is 12.8. The minimum Gasteiger partial charge on any atom is -0.473 e. The fourth-order valence-electron chi connectivity index (χ4n) is 4.21. The van der Waals surface area contributed by atoms with E-state index in [2.05, 4.69) is 18.7 Å². The maximum absolute atomic E-state index is 12.8. The number of carboxylic acids is 2. The third-order valence-electron chi connectivity index (χ3n) is 5.47. The van der Waals surface area contributed by atoms with Crippen molar-refractivity contribution in [3.8, 4) is 0 Å². The van der Waals surface area contributed by atoms with Crippen LogP contribution in [0.25, 0.3) is 0 Å². The zero-order chi connectivity index (χ0) is 22.5. The van der Waals surface area contributed by atoms with Gasteiger partial charge in [0.05, 0.1) is 4.90 Å². The topological polar surface area (TPSA) is 115 Å². The van der Waals surface area contributed by atoms with Crippen LogP contribution in [0.3, 0.4) is 0 Å². The molecule has 0 spiro atoms. The van der Waals surface area contributed by atoms with Crippen molar-refractivity contribution in [2.75, 3.05) is 26.2 Å².